The second-order valence-electron chi connectivity index (χ2n) is 4.76. The summed E-state index contributed by atoms with van der Waals surface area (Å²) in [6, 6.07) is -1.20. The van der Waals surface area contributed by atoms with Gasteiger partial charge < -0.3 is 15.8 Å². The van der Waals surface area contributed by atoms with E-state index in [1.807, 2.05) is 0 Å². The summed E-state index contributed by atoms with van der Waals surface area (Å²) in [5, 5.41) is 2.72. The highest BCUT2D eigenvalue weighted by molar-refractivity contribution is 6.01. The first kappa shape index (κ1) is 14.0. The number of carbonyl (C=O) groups is 2. The van der Waals surface area contributed by atoms with Crippen molar-refractivity contribution in [1.29, 1.82) is 0 Å². The molecule has 1 fully saturated rings. The van der Waals surface area contributed by atoms with Crippen molar-refractivity contribution in [2.24, 2.45) is 17.6 Å². The Labute approximate surface area is 102 Å². The third-order valence-electron chi connectivity index (χ3n) is 3.19. The molecule has 3 unspecified atom stereocenters. The van der Waals surface area contributed by atoms with Crippen LogP contribution in [0.1, 0.15) is 33.1 Å². The Hall–Kier alpha value is -1.10. The molecule has 1 aliphatic rings. The summed E-state index contributed by atoms with van der Waals surface area (Å²) in [4.78, 5) is 22.8. The van der Waals surface area contributed by atoms with Crippen LogP contribution in [0.25, 0.3) is 0 Å². The number of carbonyl (C=O) groups excluding carboxylic acids is 2. The van der Waals surface area contributed by atoms with Gasteiger partial charge in [0, 0.05) is 6.54 Å². The molecule has 17 heavy (non-hydrogen) atoms. The van der Waals surface area contributed by atoms with Crippen molar-refractivity contribution in [3.05, 3.63) is 0 Å². The first-order valence-corrected chi connectivity index (χ1v) is 6.24. The monoisotopic (exact) mass is 242 g/mol. The summed E-state index contributed by atoms with van der Waals surface area (Å²) in [5.41, 5.74) is 5.47. The average Bonchev–Trinajstić information content (AvgIpc) is 2.71. The van der Waals surface area contributed by atoms with Crippen LogP contribution in [0.2, 0.25) is 0 Å². The lowest BCUT2D eigenvalue weighted by atomic mass is 10.1. The standard InChI is InChI=1S/C12H22N2O3/c1-3-17-12(16)10(13)11(15)14-7-9-5-4-8(2)6-9/h8-10H,3-7,13H2,1-2H3,(H,14,15). The number of hydrogen-bond donors (Lipinski definition) is 2. The third kappa shape index (κ3) is 4.34. The molecule has 0 saturated heterocycles. The van der Waals surface area contributed by atoms with Crippen molar-refractivity contribution >= 4 is 11.9 Å². The second kappa shape index (κ2) is 6.59. The fourth-order valence-electron chi connectivity index (χ4n) is 2.20. The van der Waals surface area contributed by atoms with E-state index in [4.69, 9.17) is 5.73 Å². The van der Waals surface area contributed by atoms with E-state index in [0.29, 0.717) is 12.5 Å². The fraction of sp³-hybridized carbons (Fsp3) is 0.833. The number of amides is 1. The SMILES string of the molecule is CCOC(=O)C(N)C(=O)NCC1CCC(C)C1. The first-order chi connectivity index (χ1) is 8.04. The van der Waals surface area contributed by atoms with Gasteiger partial charge >= 0.3 is 5.97 Å². The smallest absolute Gasteiger partial charge is 0.332 e. The zero-order valence-electron chi connectivity index (χ0n) is 10.6. The minimum atomic E-state index is -1.20. The lowest BCUT2D eigenvalue weighted by Crippen LogP contribution is -2.47. The van der Waals surface area contributed by atoms with E-state index in [-0.39, 0.29) is 6.61 Å². The first-order valence-electron chi connectivity index (χ1n) is 6.24. The Morgan fingerprint density at radius 3 is 2.71 bits per heavy atom. The minimum Gasteiger partial charge on any atom is -0.464 e. The average molecular weight is 242 g/mol. The summed E-state index contributed by atoms with van der Waals surface area (Å²) in [7, 11) is 0. The third-order valence-corrected chi connectivity index (χ3v) is 3.19. The Morgan fingerprint density at radius 1 is 1.47 bits per heavy atom. The van der Waals surface area contributed by atoms with Crippen LogP contribution in [-0.4, -0.2) is 31.1 Å². The molecule has 0 aromatic heterocycles. The lowest BCUT2D eigenvalue weighted by molar-refractivity contribution is -0.148. The molecule has 3 atom stereocenters. The molecule has 0 heterocycles. The number of hydrogen-bond acceptors (Lipinski definition) is 4. The van der Waals surface area contributed by atoms with Gasteiger partial charge in [-0.1, -0.05) is 13.3 Å². The molecule has 0 spiro atoms. The van der Waals surface area contributed by atoms with E-state index < -0.39 is 17.9 Å². The van der Waals surface area contributed by atoms with Crippen molar-refractivity contribution < 1.29 is 14.3 Å². The van der Waals surface area contributed by atoms with E-state index in [0.717, 1.165) is 18.8 Å². The Kier molecular flexibility index (Phi) is 5.41. The Balaban J connectivity index is 2.26. The summed E-state index contributed by atoms with van der Waals surface area (Å²) in [5.74, 6) is 0.145. The Bertz CT molecular complexity index is 281. The summed E-state index contributed by atoms with van der Waals surface area (Å²) < 4.78 is 4.69. The van der Waals surface area contributed by atoms with Crippen molar-refractivity contribution in [3.8, 4) is 0 Å². The topological polar surface area (TPSA) is 81.4 Å². The van der Waals surface area contributed by atoms with E-state index >= 15 is 0 Å². The van der Waals surface area contributed by atoms with Crippen molar-refractivity contribution in [2.75, 3.05) is 13.2 Å². The van der Waals surface area contributed by atoms with Crippen molar-refractivity contribution in [3.63, 3.8) is 0 Å². The molecule has 1 rings (SSSR count). The number of esters is 1. The molecule has 0 radical (unpaired) electrons. The maximum atomic E-state index is 11.6. The molecule has 5 nitrogen and oxygen atoms in total. The summed E-state index contributed by atoms with van der Waals surface area (Å²) >= 11 is 0. The van der Waals surface area contributed by atoms with Gasteiger partial charge in [-0.05, 0) is 31.6 Å². The predicted molar refractivity (Wildman–Crippen MR) is 64.1 cm³/mol. The second-order valence-corrected chi connectivity index (χ2v) is 4.76. The highest BCUT2D eigenvalue weighted by Gasteiger charge is 2.26. The van der Waals surface area contributed by atoms with Gasteiger partial charge in [-0.3, -0.25) is 4.79 Å². The van der Waals surface area contributed by atoms with Gasteiger partial charge in [-0.15, -0.1) is 0 Å². The van der Waals surface area contributed by atoms with Crippen LogP contribution in [0.5, 0.6) is 0 Å². The van der Waals surface area contributed by atoms with Crippen LogP contribution in [-0.2, 0) is 14.3 Å². The molecule has 0 aromatic carbocycles. The molecule has 0 aliphatic heterocycles. The molecule has 98 valence electrons. The molecule has 3 N–H and O–H groups in total. The van der Waals surface area contributed by atoms with Gasteiger partial charge in [0.25, 0.3) is 0 Å². The molecular weight excluding hydrogens is 220 g/mol. The maximum absolute atomic E-state index is 11.6. The maximum Gasteiger partial charge on any atom is 0.332 e. The summed E-state index contributed by atoms with van der Waals surface area (Å²) in [6.07, 6.45) is 3.48. The molecule has 1 saturated carbocycles. The largest absolute Gasteiger partial charge is 0.464 e. The lowest BCUT2D eigenvalue weighted by Gasteiger charge is -2.14. The van der Waals surface area contributed by atoms with Gasteiger partial charge in [0.15, 0.2) is 6.04 Å². The van der Waals surface area contributed by atoms with Crippen LogP contribution in [0, 0.1) is 11.8 Å². The van der Waals surface area contributed by atoms with Crippen LogP contribution < -0.4 is 11.1 Å². The summed E-state index contributed by atoms with van der Waals surface area (Å²) in [6.45, 7) is 4.74. The molecule has 1 amide bonds. The zero-order valence-corrected chi connectivity index (χ0v) is 10.6. The predicted octanol–water partition coefficient (Wildman–Crippen LogP) is 0.429. The quantitative estimate of drug-likeness (QED) is 0.541. The molecular formula is C12H22N2O3. The van der Waals surface area contributed by atoms with Crippen molar-refractivity contribution in [2.45, 2.75) is 39.2 Å². The van der Waals surface area contributed by atoms with Crippen LogP contribution >= 0.6 is 0 Å². The number of nitrogens with two attached hydrogens (primary N) is 1. The van der Waals surface area contributed by atoms with E-state index in [9.17, 15) is 9.59 Å². The van der Waals surface area contributed by atoms with Gasteiger partial charge in [-0.25, -0.2) is 4.79 Å². The van der Waals surface area contributed by atoms with Crippen LogP contribution in [0.3, 0.4) is 0 Å². The highest BCUT2D eigenvalue weighted by Crippen LogP contribution is 2.29. The van der Waals surface area contributed by atoms with Crippen molar-refractivity contribution in [1.82, 2.24) is 5.32 Å². The van der Waals surface area contributed by atoms with E-state index in [1.54, 1.807) is 6.92 Å². The van der Waals surface area contributed by atoms with E-state index in [2.05, 4.69) is 17.0 Å². The number of rotatable bonds is 5. The van der Waals surface area contributed by atoms with Crippen LogP contribution in [0.15, 0.2) is 0 Å². The molecule has 0 bridgehead atoms. The van der Waals surface area contributed by atoms with Gasteiger partial charge in [0.1, 0.15) is 0 Å². The molecule has 1 aliphatic carbocycles. The Morgan fingerprint density at radius 2 is 2.18 bits per heavy atom. The minimum absolute atomic E-state index is 0.236. The zero-order chi connectivity index (χ0) is 12.8. The highest BCUT2D eigenvalue weighted by atomic mass is 16.5. The fourth-order valence-corrected chi connectivity index (χ4v) is 2.20. The normalized spacial score (nSPS) is 25.4. The van der Waals surface area contributed by atoms with Gasteiger partial charge in [-0.2, -0.15) is 0 Å². The number of nitrogens with one attached hydrogen (secondary N) is 1. The van der Waals surface area contributed by atoms with Gasteiger partial charge in [0.05, 0.1) is 6.61 Å². The van der Waals surface area contributed by atoms with Crippen LogP contribution in [0.4, 0.5) is 0 Å². The molecule has 0 aromatic rings. The van der Waals surface area contributed by atoms with Gasteiger partial charge in [0.2, 0.25) is 5.91 Å². The van der Waals surface area contributed by atoms with E-state index in [1.165, 1.54) is 6.42 Å². The molecule has 5 heteroatoms. The number of ether oxygens (including phenoxy) is 1.